The molecule has 0 saturated carbocycles. The van der Waals surface area contributed by atoms with Crippen molar-refractivity contribution >= 4 is 0 Å². The number of alkyl halides is 2. The molecule has 1 fully saturated rings. The third-order valence-corrected chi connectivity index (χ3v) is 2.10. The van der Waals surface area contributed by atoms with Gasteiger partial charge in [0.15, 0.2) is 0 Å². The van der Waals surface area contributed by atoms with Crippen LogP contribution in [0, 0.1) is 0 Å². The Morgan fingerprint density at radius 3 is 2.55 bits per heavy atom. The van der Waals surface area contributed by atoms with Gasteiger partial charge in [-0.25, -0.2) is 8.78 Å². The Labute approximate surface area is 65.6 Å². The van der Waals surface area contributed by atoms with Gasteiger partial charge >= 0.3 is 0 Å². The van der Waals surface area contributed by atoms with Crippen molar-refractivity contribution in [3.63, 3.8) is 0 Å². The van der Waals surface area contributed by atoms with Gasteiger partial charge < -0.3 is 5.32 Å². The number of hydrogen-bond acceptors (Lipinski definition) is 2. The van der Waals surface area contributed by atoms with E-state index in [1.807, 2.05) is 0 Å². The first kappa shape index (κ1) is 8.87. The van der Waals surface area contributed by atoms with Crippen molar-refractivity contribution in [3.8, 4) is 0 Å². The molecule has 1 unspecified atom stereocenters. The molecule has 1 N–H and O–H groups in total. The molecular formula is C7H14F2N2. The Bertz CT molecular complexity index is 133. The van der Waals surface area contributed by atoms with E-state index in [9.17, 15) is 8.78 Å². The van der Waals surface area contributed by atoms with Crippen LogP contribution >= 0.6 is 0 Å². The Morgan fingerprint density at radius 1 is 1.55 bits per heavy atom. The summed E-state index contributed by atoms with van der Waals surface area (Å²) in [6.07, 6.45) is 0. The van der Waals surface area contributed by atoms with Crippen molar-refractivity contribution in [2.45, 2.75) is 18.9 Å². The van der Waals surface area contributed by atoms with Gasteiger partial charge in [-0.3, -0.25) is 4.90 Å². The summed E-state index contributed by atoms with van der Waals surface area (Å²) in [7, 11) is 1.74. The highest BCUT2D eigenvalue weighted by molar-refractivity contribution is 4.86. The Hall–Kier alpha value is -0.220. The molecule has 1 rings (SSSR count). The van der Waals surface area contributed by atoms with Crippen LogP contribution in [0.25, 0.3) is 0 Å². The minimum absolute atomic E-state index is 0.389. The lowest BCUT2D eigenvalue weighted by molar-refractivity contribution is -0.0657. The zero-order valence-electron chi connectivity index (χ0n) is 6.90. The quantitative estimate of drug-likeness (QED) is 0.608. The van der Waals surface area contributed by atoms with Crippen molar-refractivity contribution in [3.05, 3.63) is 0 Å². The highest BCUT2D eigenvalue weighted by Gasteiger charge is 2.37. The van der Waals surface area contributed by atoms with E-state index in [0.717, 1.165) is 13.5 Å². The smallest absolute Gasteiger partial charge is 0.261 e. The van der Waals surface area contributed by atoms with Crippen LogP contribution < -0.4 is 5.32 Å². The third-order valence-electron chi connectivity index (χ3n) is 2.10. The van der Waals surface area contributed by atoms with Gasteiger partial charge in [-0.2, -0.15) is 0 Å². The summed E-state index contributed by atoms with van der Waals surface area (Å²) in [6, 6.07) is -0.642. The molecule has 0 bridgehead atoms. The molecule has 1 atom stereocenters. The molecule has 0 spiro atoms. The van der Waals surface area contributed by atoms with Crippen LogP contribution in [-0.4, -0.2) is 43.5 Å². The van der Waals surface area contributed by atoms with E-state index in [0.29, 0.717) is 13.1 Å². The van der Waals surface area contributed by atoms with Gasteiger partial charge in [0.2, 0.25) is 0 Å². The first-order valence-corrected chi connectivity index (χ1v) is 3.80. The molecule has 1 saturated heterocycles. The van der Waals surface area contributed by atoms with Crippen LogP contribution in [0.2, 0.25) is 0 Å². The van der Waals surface area contributed by atoms with E-state index in [1.54, 1.807) is 11.9 Å². The maximum Gasteiger partial charge on any atom is 0.261 e. The Kier molecular flexibility index (Phi) is 2.44. The Morgan fingerprint density at radius 2 is 2.18 bits per heavy atom. The van der Waals surface area contributed by atoms with E-state index in [2.05, 4.69) is 5.32 Å². The molecule has 0 aliphatic carbocycles. The van der Waals surface area contributed by atoms with E-state index < -0.39 is 12.0 Å². The monoisotopic (exact) mass is 164 g/mol. The fourth-order valence-corrected chi connectivity index (χ4v) is 1.37. The van der Waals surface area contributed by atoms with Crippen LogP contribution in [0.5, 0.6) is 0 Å². The molecule has 2 nitrogen and oxygen atoms in total. The van der Waals surface area contributed by atoms with Gasteiger partial charge in [-0.05, 0) is 7.05 Å². The summed E-state index contributed by atoms with van der Waals surface area (Å²) >= 11 is 0. The summed E-state index contributed by atoms with van der Waals surface area (Å²) in [5.41, 5.74) is 0. The van der Waals surface area contributed by atoms with E-state index in [-0.39, 0.29) is 0 Å². The minimum atomic E-state index is -2.60. The maximum atomic E-state index is 12.8. The second kappa shape index (κ2) is 3.03. The van der Waals surface area contributed by atoms with Crippen molar-refractivity contribution in [1.82, 2.24) is 10.2 Å². The van der Waals surface area contributed by atoms with Gasteiger partial charge in [0, 0.05) is 26.6 Å². The molecule has 1 aliphatic heterocycles. The molecule has 4 heteroatoms. The molecule has 0 aromatic rings. The molecule has 0 radical (unpaired) electrons. The molecule has 0 amide bonds. The van der Waals surface area contributed by atoms with E-state index in [4.69, 9.17) is 0 Å². The zero-order chi connectivity index (χ0) is 8.48. The SMILES string of the molecule is CN1CCNCC1C(C)(F)F. The highest BCUT2D eigenvalue weighted by Crippen LogP contribution is 2.21. The van der Waals surface area contributed by atoms with E-state index >= 15 is 0 Å². The first-order chi connectivity index (χ1) is 5.02. The number of nitrogens with zero attached hydrogens (tertiary/aromatic N) is 1. The lowest BCUT2D eigenvalue weighted by Gasteiger charge is -2.36. The number of hydrogen-bond donors (Lipinski definition) is 1. The Balaban J connectivity index is 2.55. The molecular weight excluding hydrogens is 150 g/mol. The molecule has 0 aromatic heterocycles. The lowest BCUT2D eigenvalue weighted by Crippen LogP contribution is -2.56. The average molecular weight is 164 g/mol. The maximum absolute atomic E-state index is 12.8. The van der Waals surface area contributed by atoms with Gasteiger partial charge in [-0.1, -0.05) is 0 Å². The number of piperazine rings is 1. The highest BCUT2D eigenvalue weighted by atomic mass is 19.3. The zero-order valence-corrected chi connectivity index (χ0v) is 6.90. The topological polar surface area (TPSA) is 15.3 Å². The third kappa shape index (κ3) is 2.10. The minimum Gasteiger partial charge on any atom is -0.314 e. The van der Waals surface area contributed by atoms with Gasteiger partial charge in [0.25, 0.3) is 5.92 Å². The largest absolute Gasteiger partial charge is 0.314 e. The standard InChI is InChI=1S/C7H14F2N2/c1-7(8,9)6-5-10-3-4-11(6)2/h6,10H,3-5H2,1-2H3. The summed E-state index contributed by atoms with van der Waals surface area (Å²) in [6.45, 7) is 2.87. The number of rotatable bonds is 1. The van der Waals surface area contributed by atoms with Crippen LogP contribution in [0.4, 0.5) is 8.78 Å². The van der Waals surface area contributed by atoms with Crippen LogP contribution in [0.1, 0.15) is 6.92 Å². The summed E-state index contributed by atoms with van der Waals surface area (Å²) < 4.78 is 25.6. The summed E-state index contributed by atoms with van der Waals surface area (Å²) in [5.74, 6) is -2.60. The second-order valence-corrected chi connectivity index (χ2v) is 3.16. The van der Waals surface area contributed by atoms with Crippen molar-refractivity contribution in [2.24, 2.45) is 0 Å². The van der Waals surface area contributed by atoms with Gasteiger partial charge in [0.1, 0.15) is 0 Å². The molecule has 66 valence electrons. The number of nitrogens with one attached hydrogen (secondary N) is 1. The van der Waals surface area contributed by atoms with Crippen LogP contribution in [-0.2, 0) is 0 Å². The van der Waals surface area contributed by atoms with E-state index in [1.165, 1.54) is 0 Å². The molecule has 1 aliphatic rings. The fourth-order valence-electron chi connectivity index (χ4n) is 1.37. The number of likely N-dealkylation sites (N-methyl/N-ethyl adjacent to an activating group) is 1. The van der Waals surface area contributed by atoms with Crippen molar-refractivity contribution < 1.29 is 8.78 Å². The van der Waals surface area contributed by atoms with Gasteiger partial charge in [0.05, 0.1) is 6.04 Å². The first-order valence-electron chi connectivity index (χ1n) is 3.80. The lowest BCUT2D eigenvalue weighted by atomic mass is 10.1. The molecule has 11 heavy (non-hydrogen) atoms. The summed E-state index contributed by atoms with van der Waals surface area (Å²) in [4.78, 5) is 1.70. The fraction of sp³-hybridized carbons (Fsp3) is 1.00. The predicted molar refractivity (Wildman–Crippen MR) is 39.9 cm³/mol. The van der Waals surface area contributed by atoms with Gasteiger partial charge in [-0.15, -0.1) is 0 Å². The second-order valence-electron chi connectivity index (χ2n) is 3.16. The van der Waals surface area contributed by atoms with Crippen LogP contribution in [0.15, 0.2) is 0 Å². The average Bonchev–Trinajstić information content (AvgIpc) is 1.86. The molecule has 0 aromatic carbocycles. The predicted octanol–water partition coefficient (Wildman–Crippen LogP) is 0.545. The number of halogens is 2. The molecule has 1 heterocycles. The van der Waals surface area contributed by atoms with Crippen molar-refractivity contribution in [1.29, 1.82) is 0 Å². The van der Waals surface area contributed by atoms with Crippen molar-refractivity contribution in [2.75, 3.05) is 26.7 Å². The van der Waals surface area contributed by atoms with Crippen LogP contribution in [0.3, 0.4) is 0 Å². The summed E-state index contributed by atoms with van der Waals surface area (Å²) in [5, 5.41) is 2.95. The normalized spacial score (nSPS) is 28.9.